The second-order valence-electron chi connectivity index (χ2n) is 5.26. The van der Waals surface area contributed by atoms with Crippen molar-refractivity contribution in [3.8, 4) is 16.3 Å². The average molecular weight is 408 g/mol. The fraction of sp³-hybridized carbons (Fsp3) is 0.188. The van der Waals surface area contributed by atoms with Crippen molar-refractivity contribution < 1.29 is 9.53 Å². The maximum atomic E-state index is 11.2. The summed E-state index contributed by atoms with van der Waals surface area (Å²) in [5.41, 5.74) is 2.44. The molecule has 0 atom stereocenters. The van der Waals surface area contributed by atoms with Crippen LogP contribution in [0.4, 0.5) is 16.0 Å². The van der Waals surface area contributed by atoms with E-state index in [-0.39, 0.29) is 5.91 Å². The lowest BCUT2D eigenvalue weighted by Gasteiger charge is -2.10. The molecule has 0 fully saturated rings. The highest BCUT2D eigenvalue weighted by Gasteiger charge is 2.15. The first-order chi connectivity index (χ1) is 12.5. The van der Waals surface area contributed by atoms with Crippen LogP contribution in [0.2, 0.25) is 0 Å². The van der Waals surface area contributed by atoms with Crippen LogP contribution in [0.25, 0.3) is 10.6 Å². The van der Waals surface area contributed by atoms with Crippen molar-refractivity contribution in [1.29, 1.82) is 0 Å². The standard InChI is InChI=1S/C16H17N5O2S3/c1-8-14(25-16(18-8)19-9(2)22)12-7-24-15(21-12)20-11-6-10(26-17)4-5-13(11)23-3/h4-7H,17H2,1-3H3,(H,20,21)(H,18,19,22). The van der Waals surface area contributed by atoms with E-state index in [1.54, 1.807) is 7.11 Å². The minimum absolute atomic E-state index is 0.143. The molecule has 0 bridgehead atoms. The molecule has 0 aliphatic rings. The van der Waals surface area contributed by atoms with E-state index >= 15 is 0 Å². The van der Waals surface area contributed by atoms with E-state index in [1.165, 1.54) is 41.5 Å². The number of amides is 1. The Hall–Kier alpha value is -2.14. The van der Waals surface area contributed by atoms with Gasteiger partial charge in [-0.15, -0.1) is 11.3 Å². The van der Waals surface area contributed by atoms with E-state index in [0.717, 1.165) is 32.0 Å². The average Bonchev–Trinajstić information content (AvgIpc) is 3.20. The first-order valence-electron chi connectivity index (χ1n) is 7.53. The number of benzene rings is 1. The molecule has 1 aromatic carbocycles. The Bertz CT molecular complexity index is 938. The molecular weight excluding hydrogens is 390 g/mol. The Balaban J connectivity index is 1.85. The van der Waals surface area contributed by atoms with Crippen LogP contribution in [-0.2, 0) is 4.79 Å². The highest BCUT2D eigenvalue weighted by Crippen LogP contribution is 2.37. The second-order valence-corrected chi connectivity index (χ2v) is 7.82. The molecule has 136 valence electrons. The van der Waals surface area contributed by atoms with Gasteiger partial charge in [-0.05, 0) is 37.1 Å². The number of hydrogen-bond acceptors (Lipinski definition) is 9. The minimum atomic E-state index is -0.143. The van der Waals surface area contributed by atoms with Crippen LogP contribution in [0.15, 0.2) is 28.5 Å². The predicted octanol–water partition coefficient (Wildman–Crippen LogP) is 4.25. The number of carbonyl (C=O) groups is 1. The minimum Gasteiger partial charge on any atom is -0.495 e. The molecule has 0 saturated heterocycles. The molecule has 3 rings (SSSR count). The van der Waals surface area contributed by atoms with Gasteiger partial charge >= 0.3 is 0 Å². The number of nitrogens with zero attached hydrogens (tertiary/aromatic N) is 2. The molecule has 0 radical (unpaired) electrons. The highest BCUT2D eigenvalue weighted by molar-refractivity contribution is 7.97. The molecule has 0 spiro atoms. The molecule has 7 nitrogen and oxygen atoms in total. The molecule has 0 unspecified atom stereocenters. The molecule has 1 amide bonds. The number of anilines is 3. The first kappa shape index (κ1) is 18.6. The topological polar surface area (TPSA) is 102 Å². The van der Waals surface area contributed by atoms with Crippen molar-refractivity contribution in [2.75, 3.05) is 17.7 Å². The van der Waals surface area contributed by atoms with E-state index in [1.807, 2.05) is 30.5 Å². The maximum absolute atomic E-state index is 11.2. The van der Waals surface area contributed by atoms with Crippen LogP contribution >= 0.6 is 34.6 Å². The normalized spacial score (nSPS) is 10.6. The smallest absolute Gasteiger partial charge is 0.223 e. The van der Waals surface area contributed by atoms with E-state index in [4.69, 9.17) is 9.88 Å². The van der Waals surface area contributed by atoms with E-state index in [2.05, 4.69) is 20.6 Å². The fourth-order valence-electron chi connectivity index (χ4n) is 2.25. The summed E-state index contributed by atoms with van der Waals surface area (Å²) in [6.45, 7) is 3.36. The number of nitrogens with two attached hydrogens (primary N) is 1. The molecule has 0 aliphatic carbocycles. The summed E-state index contributed by atoms with van der Waals surface area (Å²) in [7, 11) is 1.62. The van der Waals surface area contributed by atoms with E-state index in [9.17, 15) is 4.79 Å². The summed E-state index contributed by atoms with van der Waals surface area (Å²) in [6, 6.07) is 5.67. The zero-order valence-electron chi connectivity index (χ0n) is 14.3. The molecule has 26 heavy (non-hydrogen) atoms. The number of aromatic nitrogens is 2. The van der Waals surface area contributed by atoms with Gasteiger partial charge in [-0.2, -0.15) is 0 Å². The largest absolute Gasteiger partial charge is 0.495 e. The molecule has 2 heterocycles. The molecule has 3 aromatic rings. The number of hydrogen-bond donors (Lipinski definition) is 3. The molecule has 4 N–H and O–H groups in total. The lowest BCUT2D eigenvalue weighted by Crippen LogP contribution is -2.04. The Labute approximate surface area is 163 Å². The van der Waals surface area contributed by atoms with Gasteiger partial charge in [0.2, 0.25) is 5.91 Å². The predicted molar refractivity (Wildman–Crippen MR) is 109 cm³/mol. The van der Waals surface area contributed by atoms with Gasteiger partial charge in [0, 0.05) is 17.2 Å². The number of carbonyl (C=O) groups excluding carboxylic acids is 1. The first-order valence-corrected chi connectivity index (χ1v) is 10.1. The van der Waals surface area contributed by atoms with Gasteiger partial charge in [0.25, 0.3) is 0 Å². The quantitative estimate of drug-likeness (QED) is 0.525. The second kappa shape index (κ2) is 8.04. The van der Waals surface area contributed by atoms with Crippen molar-refractivity contribution in [3.63, 3.8) is 0 Å². The molecule has 2 aromatic heterocycles. The Kier molecular flexibility index (Phi) is 5.77. The number of nitrogens with one attached hydrogen (secondary N) is 2. The van der Waals surface area contributed by atoms with Crippen molar-refractivity contribution in [2.24, 2.45) is 5.14 Å². The molecule has 0 aliphatic heterocycles. The third kappa shape index (κ3) is 4.15. The van der Waals surface area contributed by atoms with Crippen LogP contribution in [-0.4, -0.2) is 23.0 Å². The highest BCUT2D eigenvalue weighted by atomic mass is 32.2. The summed E-state index contributed by atoms with van der Waals surface area (Å²) in [4.78, 5) is 22.0. The number of aryl methyl sites for hydroxylation is 1. The van der Waals surface area contributed by atoms with E-state index < -0.39 is 0 Å². The monoisotopic (exact) mass is 407 g/mol. The van der Waals surface area contributed by atoms with Crippen LogP contribution in [0.3, 0.4) is 0 Å². The summed E-state index contributed by atoms with van der Waals surface area (Å²) in [5, 5.41) is 14.9. The van der Waals surface area contributed by atoms with Crippen molar-refractivity contribution in [1.82, 2.24) is 9.97 Å². The van der Waals surface area contributed by atoms with Crippen LogP contribution in [0.5, 0.6) is 5.75 Å². The summed E-state index contributed by atoms with van der Waals surface area (Å²) >= 11 is 4.05. The fourth-order valence-corrected chi connectivity index (χ4v) is 4.34. The van der Waals surface area contributed by atoms with Crippen molar-refractivity contribution in [2.45, 2.75) is 18.7 Å². The molecule has 10 heteroatoms. The summed E-state index contributed by atoms with van der Waals surface area (Å²) in [5.74, 6) is 0.567. The van der Waals surface area contributed by atoms with Gasteiger partial charge in [-0.3, -0.25) is 9.93 Å². The lowest BCUT2D eigenvalue weighted by atomic mass is 10.3. The Morgan fingerprint density at radius 3 is 2.81 bits per heavy atom. The van der Waals surface area contributed by atoms with Gasteiger partial charge in [0.05, 0.1) is 29.1 Å². The van der Waals surface area contributed by atoms with E-state index in [0.29, 0.717) is 10.9 Å². The molecule has 0 saturated carbocycles. The van der Waals surface area contributed by atoms with Gasteiger partial charge in [-0.25, -0.2) is 9.97 Å². The number of methoxy groups -OCH3 is 1. The number of thiazole rings is 2. The number of rotatable bonds is 6. The molecular formula is C16H17N5O2S3. The Morgan fingerprint density at radius 2 is 2.12 bits per heavy atom. The number of ether oxygens (including phenoxy) is 1. The zero-order chi connectivity index (χ0) is 18.7. The summed E-state index contributed by atoms with van der Waals surface area (Å²) in [6.07, 6.45) is 0. The SMILES string of the molecule is COc1ccc(SN)cc1Nc1nc(-c2sc(NC(C)=O)nc2C)cs1. The zero-order valence-corrected chi connectivity index (χ0v) is 16.8. The Morgan fingerprint density at radius 1 is 1.31 bits per heavy atom. The van der Waals surface area contributed by atoms with Crippen LogP contribution in [0.1, 0.15) is 12.6 Å². The van der Waals surface area contributed by atoms with Crippen LogP contribution in [0, 0.1) is 6.92 Å². The van der Waals surface area contributed by atoms with Crippen molar-refractivity contribution >= 4 is 56.5 Å². The van der Waals surface area contributed by atoms with Gasteiger partial charge in [-0.1, -0.05) is 11.3 Å². The third-order valence-corrected chi connectivity index (χ3v) is 5.74. The van der Waals surface area contributed by atoms with Crippen molar-refractivity contribution in [3.05, 3.63) is 29.3 Å². The maximum Gasteiger partial charge on any atom is 0.223 e. The third-order valence-electron chi connectivity index (χ3n) is 3.37. The van der Waals surface area contributed by atoms with Gasteiger partial charge < -0.3 is 15.4 Å². The lowest BCUT2D eigenvalue weighted by molar-refractivity contribution is -0.114. The van der Waals surface area contributed by atoms with Gasteiger partial charge in [0.15, 0.2) is 10.3 Å². The van der Waals surface area contributed by atoms with Gasteiger partial charge in [0.1, 0.15) is 5.75 Å². The summed E-state index contributed by atoms with van der Waals surface area (Å²) < 4.78 is 5.38. The van der Waals surface area contributed by atoms with Crippen LogP contribution < -0.4 is 20.5 Å².